The van der Waals surface area contributed by atoms with E-state index in [0.29, 0.717) is 25.8 Å². The molecule has 2 unspecified atom stereocenters. The summed E-state index contributed by atoms with van der Waals surface area (Å²) in [6.45, 7) is 5.21. The summed E-state index contributed by atoms with van der Waals surface area (Å²) in [4.78, 5) is 0. The lowest BCUT2D eigenvalue weighted by atomic mass is 10.1. The summed E-state index contributed by atoms with van der Waals surface area (Å²) in [5, 5.41) is 0. The molecule has 0 fully saturated rings. The van der Waals surface area contributed by atoms with Crippen molar-refractivity contribution in [3.8, 4) is 0 Å². The Kier molecular flexibility index (Phi) is 29.8. The standard InChI is InChI=1S/C28H52I2O3/c1-3-5-7-13-19-27(21-15-9-11-17-23-29)32-25-31-26-33-28(20-14-8-6-4-2)22-16-10-12-18-24-30/h9-12,27-28H,3-8,13-26H2,1-2H3/b11-9+,12-10+. The molecule has 0 aliphatic rings. The van der Waals surface area contributed by atoms with Crippen molar-refractivity contribution < 1.29 is 14.2 Å². The Morgan fingerprint density at radius 1 is 0.545 bits per heavy atom. The largest absolute Gasteiger partial charge is 0.352 e. The summed E-state index contributed by atoms with van der Waals surface area (Å²) in [6, 6.07) is 0. The fourth-order valence-corrected chi connectivity index (χ4v) is 4.42. The van der Waals surface area contributed by atoms with Crippen LogP contribution in [-0.2, 0) is 14.2 Å². The molecule has 0 N–H and O–H groups in total. The average Bonchev–Trinajstić information content (AvgIpc) is 2.82. The van der Waals surface area contributed by atoms with Crippen molar-refractivity contribution in [2.45, 2.75) is 129 Å². The molecule has 0 rings (SSSR count). The molecular formula is C28H52I2O3. The molecule has 0 amide bonds. The Morgan fingerprint density at radius 3 is 1.36 bits per heavy atom. The maximum atomic E-state index is 6.10. The first kappa shape index (κ1) is 33.8. The third kappa shape index (κ3) is 25.7. The highest BCUT2D eigenvalue weighted by atomic mass is 127. The fourth-order valence-electron chi connectivity index (χ4n) is 3.70. The van der Waals surface area contributed by atoms with Crippen molar-refractivity contribution in [3.05, 3.63) is 24.3 Å². The van der Waals surface area contributed by atoms with Crippen LogP contribution in [0.15, 0.2) is 24.3 Å². The Balaban J connectivity index is 4.25. The number of hydrogen-bond acceptors (Lipinski definition) is 3. The van der Waals surface area contributed by atoms with Crippen LogP contribution in [0.3, 0.4) is 0 Å². The lowest BCUT2D eigenvalue weighted by molar-refractivity contribution is -0.167. The van der Waals surface area contributed by atoms with Gasteiger partial charge >= 0.3 is 0 Å². The highest BCUT2D eigenvalue weighted by Crippen LogP contribution is 2.16. The van der Waals surface area contributed by atoms with Gasteiger partial charge < -0.3 is 14.2 Å². The predicted octanol–water partition coefficient (Wildman–Crippen LogP) is 9.95. The van der Waals surface area contributed by atoms with Crippen LogP contribution in [0, 0.1) is 0 Å². The lowest BCUT2D eigenvalue weighted by Gasteiger charge is -2.20. The SMILES string of the molecule is CCCCCCC(CC/C=C/CCI)OCOCOC(CC/C=C/CCI)CCCCCC. The van der Waals surface area contributed by atoms with Gasteiger partial charge in [0, 0.05) is 8.86 Å². The molecule has 0 aromatic rings. The molecule has 0 saturated heterocycles. The molecule has 0 saturated carbocycles. The van der Waals surface area contributed by atoms with Crippen LogP contribution in [0.4, 0.5) is 0 Å². The second kappa shape index (κ2) is 29.1. The van der Waals surface area contributed by atoms with Gasteiger partial charge in [-0.05, 0) is 51.4 Å². The molecule has 0 spiro atoms. The van der Waals surface area contributed by atoms with E-state index in [1.165, 1.54) is 60.2 Å². The first-order valence-electron chi connectivity index (χ1n) is 13.5. The van der Waals surface area contributed by atoms with E-state index in [1.807, 2.05) is 0 Å². The zero-order valence-electron chi connectivity index (χ0n) is 21.6. The fraction of sp³-hybridized carbons (Fsp3) is 0.857. The van der Waals surface area contributed by atoms with Gasteiger partial charge in [-0.15, -0.1) is 0 Å². The van der Waals surface area contributed by atoms with Gasteiger partial charge in [0.2, 0.25) is 0 Å². The summed E-state index contributed by atoms with van der Waals surface area (Å²) in [5.41, 5.74) is 0. The van der Waals surface area contributed by atoms with Crippen molar-refractivity contribution in [2.75, 3.05) is 22.4 Å². The summed E-state index contributed by atoms with van der Waals surface area (Å²) >= 11 is 4.85. The van der Waals surface area contributed by atoms with Gasteiger partial charge in [-0.3, -0.25) is 0 Å². The monoisotopic (exact) mass is 690 g/mol. The van der Waals surface area contributed by atoms with Gasteiger partial charge in [0.15, 0.2) is 0 Å². The van der Waals surface area contributed by atoms with E-state index in [2.05, 4.69) is 83.3 Å². The molecule has 196 valence electrons. The first-order valence-corrected chi connectivity index (χ1v) is 16.6. The molecule has 5 heteroatoms. The minimum Gasteiger partial charge on any atom is -0.352 e. The minimum atomic E-state index is 0.291. The number of alkyl halides is 2. The molecule has 0 heterocycles. The van der Waals surface area contributed by atoms with Crippen LogP contribution in [0.5, 0.6) is 0 Å². The number of halogens is 2. The van der Waals surface area contributed by atoms with Gasteiger partial charge in [-0.2, -0.15) is 0 Å². The van der Waals surface area contributed by atoms with Crippen molar-refractivity contribution in [2.24, 2.45) is 0 Å². The van der Waals surface area contributed by atoms with Crippen LogP contribution < -0.4 is 0 Å². The zero-order chi connectivity index (χ0) is 24.2. The summed E-state index contributed by atoms with van der Waals surface area (Å²) in [5.74, 6) is 0. The molecule has 33 heavy (non-hydrogen) atoms. The molecule has 0 aromatic heterocycles. The Bertz CT molecular complexity index is 391. The van der Waals surface area contributed by atoms with Crippen LogP contribution >= 0.6 is 45.2 Å². The second-order valence-corrected chi connectivity index (χ2v) is 10.9. The van der Waals surface area contributed by atoms with Crippen LogP contribution in [0.25, 0.3) is 0 Å². The van der Waals surface area contributed by atoms with E-state index in [-0.39, 0.29) is 0 Å². The molecule has 0 aliphatic carbocycles. The van der Waals surface area contributed by atoms with E-state index in [9.17, 15) is 0 Å². The van der Waals surface area contributed by atoms with Crippen molar-refractivity contribution >= 4 is 45.2 Å². The molecule has 3 nitrogen and oxygen atoms in total. The molecule has 0 aromatic carbocycles. The van der Waals surface area contributed by atoms with Crippen LogP contribution in [0.1, 0.15) is 117 Å². The highest BCUT2D eigenvalue weighted by Gasteiger charge is 2.10. The van der Waals surface area contributed by atoms with Gasteiger partial charge in [0.25, 0.3) is 0 Å². The van der Waals surface area contributed by atoms with E-state index in [1.54, 1.807) is 0 Å². The maximum absolute atomic E-state index is 6.10. The molecule has 0 radical (unpaired) electrons. The number of unbranched alkanes of at least 4 members (excludes halogenated alkanes) is 6. The number of allylic oxidation sites excluding steroid dienone is 4. The van der Waals surface area contributed by atoms with Crippen molar-refractivity contribution in [1.29, 1.82) is 0 Å². The zero-order valence-corrected chi connectivity index (χ0v) is 25.9. The van der Waals surface area contributed by atoms with Gasteiger partial charge in [0.1, 0.15) is 13.6 Å². The molecular weight excluding hydrogens is 638 g/mol. The maximum Gasteiger partial charge on any atom is 0.149 e. The Labute approximate surface area is 233 Å². The topological polar surface area (TPSA) is 27.7 Å². The summed E-state index contributed by atoms with van der Waals surface area (Å²) in [6.07, 6.45) is 29.0. The van der Waals surface area contributed by atoms with Crippen LogP contribution in [-0.4, -0.2) is 34.6 Å². The summed E-state index contributed by atoms with van der Waals surface area (Å²) < 4.78 is 20.3. The second-order valence-electron chi connectivity index (χ2n) is 8.77. The normalized spacial score (nSPS) is 13.9. The number of rotatable bonds is 26. The molecule has 0 bridgehead atoms. The predicted molar refractivity (Wildman–Crippen MR) is 162 cm³/mol. The van der Waals surface area contributed by atoms with Crippen LogP contribution in [0.2, 0.25) is 0 Å². The lowest BCUT2D eigenvalue weighted by Crippen LogP contribution is -2.19. The van der Waals surface area contributed by atoms with Crippen molar-refractivity contribution in [3.63, 3.8) is 0 Å². The minimum absolute atomic E-state index is 0.291. The third-order valence-corrected chi connectivity index (χ3v) is 6.97. The van der Waals surface area contributed by atoms with E-state index in [0.717, 1.165) is 51.4 Å². The Hall–Kier alpha value is 0.820. The molecule has 0 aliphatic heterocycles. The van der Waals surface area contributed by atoms with Gasteiger partial charge in [-0.25, -0.2) is 0 Å². The number of ether oxygens (including phenoxy) is 3. The van der Waals surface area contributed by atoms with Crippen molar-refractivity contribution in [1.82, 2.24) is 0 Å². The molecule has 2 atom stereocenters. The average molecular weight is 691 g/mol. The Morgan fingerprint density at radius 2 is 0.970 bits per heavy atom. The third-order valence-electron chi connectivity index (χ3n) is 5.73. The van der Waals surface area contributed by atoms with Gasteiger partial charge in [0.05, 0.1) is 12.2 Å². The smallest absolute Gasteiger partial charge is 0.149 e. The van der Waals surface area contributed by atoms with Gasteiger partial charge in [-0.1, -0.05) is 135 Å². The summed E-state index contributed by atoms with van der Waals surface area (Å²) in [7, 11) is 0. The van der Waals surface area contributed by atoms with E-state index < -0.39 is 0 Å². The highest BCUT2D eigenvalue weighted by molar-refractivity contribution is 14.1. The quantitative estimate of drug-likeness (QED) is 0.0298. The number of hydrogen-bond donors (Lipinski definition) is 0. The van der Waals surface area contributed by atoms with E-state index in [4.69, 9.17) is 14.2 Å². The first-order chi connectivity index (χ1) is 16.3. The van der Waals surface area contributed by atoms with E-state index >= 15 is 0 Å².